The smallest absolute Gasteiger partial charge is 0.243 e. The van der Waals surface area contributed by atoms with Crippen molar-refractivity contribution in [2.45, 2.75) is 5.16 Å². The average molecular weight is 344 g/mol. The van der Waals surface area contributed by atoms with Crippen LogP contribution in [0.4, 0.5) is 5.95 Å². The Morgan fingerprint density at radius 2 is 2.04 bits per heavy atom. The first-order chi connectivity index (χ1) is 11.8. The highest BCUT2D eigenvalue weighted by molar-refractivity contribution is 7.99. The Kier molecular flexibility index (Phi) is 5.16. The maximum Gasteiger partial charge on any atom is 0.243 e. The molecule has 0 fully saturated rings. The molecule has 0 saturated heterocycles. The topological polar surface area (TPSA) is 104 Å². The van der Waals surface area contributed by atoms with Crippen molar-refractivity contribution in [3.63, 3.8) is 0 Å². The third-order valence-electron chi connectivity index (χ3n) is 3.14. The Labute approximate surface area is 142 Å². The molecule has 1 aromatic carbocycles. The molecule has 0 radical (unpaired) electrons. The fraction of sp³-hybridized carbons (Fsp3) is 0.286. The molecule has 2 aromatic heterocycles. The molecule has 0 saturated carbocycles. The zero-order chi connectivity index (χ0) is 16.8. The van der Waals surface area contributed by atoms with Crippen LogP contribution < -0.4 is 10.1 Å². The third-order valence-corrected chi connectivity index (χ3v) is 4.15. The quantitative estimate of drug-likeness (QED) is 0.501. The fourth-order valence-corrected chi connectivity index (χ4v) is 2.63. The van der Waals surface area contributed by atoms with E-state index in [1.165, 1.54) is 0 Å². The van der Waals surface area contributed by atoms with E-state index in [1.54, 1.807) is 36.8 Å². The molecule has 10 heteroatoms. The van der Waals surface area contributed by atoms with Crippen LogP contribution in [0.25, 0.3) is 11.3 Å². The van der Waals surface area contributed by atoms with Crippen molar-refractivity contribution in [2.24, 2.45) is 7.05 Å². The number of tetrazole rings is 1. The third kappa shape index (κ3) is 3.96. The van der Waals surface area contributed by atoms with Crippen LogP contribution in [0.5, 0.6) is 5.75 Å². The summed E-state index contributed by atoms with van der Waals surface area (Å²) in [6.07, 6.45) is 1.63. The van der Waals surface area contributed by atoms with Crippen molar-refractivity contribution in [1.82, 2.24) is 35.4 Å². The van der Waals surface area contributed by atoms with E-state index in [-0.39, 0.29) is 0 Å². The first-order valence-electron chi connectivity index (χ1n) is 7.19. The molecule has 0 aliphatic rings. The second-order valence-electron chi connectivity index (χ2n) is 4.75. The van der Waals surface area contributed by atoms with Crippen molar-refractivity contribution in [2.75, 3.05) is 24.7 Å². The van der Waals surface area contributed by atoms with Gasteiger partial charge in [-0.05, 0) is 34.7 Å². The number of aryl methyl sites for hydroxylation is 1. The van der Waals surface area contributed by atoms with Crippen molar-refractivity contribution < 1.29 is 4.74 Å². The lowest BCUT2D eigenvalue weighted by atomic mass is 10.1. The predicted octanol–water partition coefficient (Wildman–Crippen LogP) is 1.27. The zero-order valence-corrected chi connectivity index (χ0v) is 14.1. The van der Waals surface area contributed by atoms with Crippen molar-refractivity contribution in [3.8, 4) is 17.0 Å². The van der Waals surface area contributed by atoms with Gasteiger partial charge in [-0.25, -0.2) is 9.67 Å². The van der Waals surface area contributed by atoms with Gasteiger partial charge in [0.2, 0.25) is 11.1 Å². The van der Waals surface area contributed by atoms with Gasteiger partial charge in [-0.1, -0.05) is 11.8 Å². The highest BCUT2D eigenvalue weighted by Crippen LogP contribution is 2.20. The summed E-state index contributed by atoms with van der Waals surface area (Å²) >= 11 is 1.55. The van der Waals surface area contributed by atoms with Crippen LogP contribution in [-0.2, 0) is 7.05 Å². The molecule has 0 aliphatic carbocycles. The number of nitrogens with zero attached hydrogens (tertiary/aromatic N) is 7. The van der Waals surface area contributed by atoms with Crippen LogP contribution in [0.1, 0.15) is 0 Å². The average Bonchev–Trinajstić information content (AvgIpc) is 3.04. The van der Waals surface area contributed by atoms with Gasteiger partial charge in [0.15, 0.2) is 0 Å². The SMILES string of the molecule is COc1ccc(-c2cnnc(NCCSc3nnnn3C)n2)cc1. The summed E-state index contributed by atoms with van der Waals surface area (Å²) in [5, 5.41) is 23.2. The Balaban J connectivity index is 1.57. The van der Waals surface area contributed by atoms with Crippen LogP contribution in [0.3, 0.4) is 0 Å². The normalized spacial score (nSPS) is 10.6. The summed E-state index contributed by atoms with van der Waals surface area (Å²) in [4.78, 5) is 4.47. The van der Waals surface area contributed by atoms with Gasteiger partial charge in [0.1, 0.15) is 5.75 Å². The largest absolute Gasteiger partial charge is 0.497 e. The van der Waals surface area contributed by atoms with Crippen molar-refractivity contribution in [3.05, 3.63) is 30.5 Å². The van der Waals surface area contributed by atoms with Gasteiger partial charge in [-0.3, -0.25) is 0 Å². The van der Waals surface area contributed by atoms with Gasteiger partial charge in [0, 0.05) is 24.9 Å². The summed E-state index contributed by atoms with van der Waals surface area (Å²) in [5.41, 5.74) is 1.70. The van der Waals surface area contributed by atoms with E-state index in [0.717, 1.165) is 27.9 Å². The summed E-state index contributed by atoms with van der Waals surface area (Å²) < 4.78 is 6.79. The molecule has 0 atom stereocenters. The number of ether oxygens (including phenoxy) is 1. The summed E-state index contributed by atoms with van der Waals surface area (Å²) in [6.45, 7) is 0.672. The Morgan fingerprint density at radius 1 is 1.21 bits per heavy atom. The first kappa shape index (κ1) is 16.1. The lowest BCUT2D eigenvalue weighted by molar-refractivity contribution is 0.415. The molecule has 0 bridgehead atoms. The fourth-order valence-electron chi connectivity index (χ4n) is 1.93. The number of hydrogen-bond donors (Lipinski definition) is 1. The van der Waals surface area contributed by atoms with E-state index >= 15 is 0 Å². The minimum Gasteiger partial charge on any atom is -0.497 e. The van der Waals surface area contributed by atoms with Crippen LogP contribution in [-0.4, -0.2) is 54.8 Å². The molecule has 24 heavy (non-hydrogen) atoms. The number of hydrogen-bond acceptors (Lipinski definition) is 9. The van der Waals surface area contributed by atoms with E-state index in [4.69, 9.17) is 4.74 Å². The number of methoxy groups -OCH3 is 1. The second kappa shape index (κ2) is 7.68. The molecule has 0 amide bonds. The molecule has 124 valence electrons. The summed E-state index contributed by atoms with van der Waals surface area (Å²) in [5.74, 6) is 2.07. The maximum absolute atomic E-state index is 5.15. The minimum absolute atomic E-state index is 0.486. The van der Waals surface area contributed by atoms with Gasteiger partial charge < -0.3 is 10.1 Å². The number of rotatable bonds is 7. The molecule has 1 N–H and O–H groups in total. The predicted molar refractivity (Wildman–Crippen MR) is 89.8 cm³/mol. The van der Waals surface area contributed by atoms with E-state index in [1.807, 2.05) is 24.3 Å². The summed E-state index contributed by atoms with van der Waals surface area (Å²) in [6, 6.07) is 7.64. The van der Waals surface area contributed by atoms with E-state index in [0.29, 0.717) is 12.5 Å². The van der Waals surface area contributed by atoms with Crippen molar-refractivity contribution in [1.29, 1.82) is 0 Å². The lowest BCUT2D eigenvalue weighted by Crippen LogP contribution is -2.09. The van der Waals surface area contributed by atoms with E-state index < -0.39 is 0 Å². The van der Waals surface area contributed by atoms with Crippen LogP contribution in [0, 0.1) is 0 Å². The number of thioether (sulfide) groups is 1. The second-order valence-corrected chi connectivity index (χ2v) is 5.82. The van der Waals surface area contributed by atoms with Crippen LogP contribution in [0.2, 0.25) is 0 Å². The number of benzene rings is 1. The molecule has 0 spiro atoms. The Hall–Kier alpha value is -2.75. The van der Waals surface area contributed by atoms with Crippen LogP contribution in [0.15, 0.2) is 35.6 Å². The van der Waals surface area contributed by atoms with Gasteiger partial charge in [0.05, 0.1) is 19.0 Å². The zero-order valence-electron chi connectivity index (χ0n) is 13.2. The van der Waals surface area contributed by atoms with Gasteiger partial charge >= 0.3 is 0 Å². The molecule has 3 rings (SSSR count). The number of nitrogens with one attached hydrogen (secondary N) is 1. The molecule has 0 unspecified atom stereocenters. The van der Waals surface area contributed by atoms with Gasteiger partial charge in [0.25, 0.3) is 0 Å². The standard InChI is InChI=1S/C14H16N8OS/c1-22-14(19-20-21-22)24-8-7-15-13-17-12(9-16-18-13)10-3-5-11(23-2)6-4-10/h3-6,9H,7-8H2,1-2H3,(H,15,17,18). The highest BCUT2D eigenvalue weighted by atomic mass is 32.2. The molecule has 0 aliphatic heterocycles. The van der Waals surface area contributed by atoms with Gasteiger partial charge in [-0.2, -0.15) is 5.10 Å². The monoisotopic (exact) mass is 344 g/mol. The van der Waals surface area contributed by atoms with E-state index in [9.17, 15) is 0 Å². The minimum atomic E-state index is 0.486. The van der Waals surface area contributed by atoms with Crippen LogP contribution >= 0.6 is 11.8 Å². The maximum atomic E-state index is 5.15. The number of aromatic nitrogens is 7. The first-order valence-corrected chi connectivity index (χ1v) is 8.18. The lowest BCUT2D eigenvalue weighted by Gasteiger charge is -2.06. The molecular formula is C14H16N8OS. The Morgan fingerprint density at radius 3 is 2.75 bits per heavy atom. The van der Waals surface area contributed by atoms with E-state index in [2.05, 4.69) is 36.0 Å². The van der Waals surface area contributed by atoms with Gasteiger partial charge in [-0.15, -0.1) is 10.2 Å². The summed E-state index contributed by atoms with van der Waals surface area (Å²) in [7, 11) is 3.44. The Bertz CT molecular complexity index is 791. The molecular weight excluding hydrogens is 328 g/mol. The highest BCUT2D eigenvalue weighted by Gasteiger charge is 2.05. The number of anilines is 1. The molecule has 9 nitrogen and oxygen atoms in total. The van der Waals surface area contributed by atoms with Crippen molar-refractivity contribution >= 4 is 17.7 Å². The molecule has 3 aromatic rings. The molecule has 2 heterocycles.